The molecule has 1 fully saturated rings. The van der Waals surface area contributed by atoms with E-state index in [1.54, 1.807) is 54.3 Å². The van der Waals surface area contributed by atoms with Crippen molar-refractivity contribution in [2.75, 3.05) is 59.5 Å². The first-order valence-electron chi connectivity index (χ1n) is 27.0. The van der Waals surface area contributed by atoms with Gasteiger partial charge in [-0.25, -0.2) is 4.79 Å². The lowest BCUT2D eigenvalue weighted by Crippen LogP contribution is -2.53. The van der Waals surface area contributed by atoms with E-state index >= 15 is 0 Å². The molecule has 8 amide bonds. The molecule has 2 unspecified atom stereocenters. The maximum Gasteiger partial charge on any atom is 0.513 e. The number of hydrogen-bond donors (Lipinski definition) is 7. The molecule has 9 N–H and O–H groups in total. The largest absolute Gasteiger partial charge is 0.513 e. The van der Waals surface area contributed by atoms with Gasteiger partial charge in [-0.05, 0) is 102 Å². The molecule has 80 heavy (non-hydrogen) atoms. The molecule has 1 saturated heterocycles. The maximum atomic E-state index is 14.2. The van der Waals surface area contributed by atoms with Crippen molar-refractivity contribution < 1.29 is 52.6 Å². The standard InChI is InChI=1S/C54H65N7O10.C4H11N.CH3NO.CH4/c1-6-7-11-36-14-16-38(17-15-36)39-18-20-40(21-19-39)51(66)55-29-35(4)50(65)57-31-47(63)60(5)49-42-22-23-45(71-54(69)70-33-34(2)3)43(28-42)41-13-10-12-37(26-41)27-44(59-46(62)30-56-53(49)68)52(67)58-32-48(64)61-24-8-9-25-61;1-2-3-4-5;2-1-3;/h10,12-23,26,28,34-35,44,49H,6-9,11,24-25,27,29-33H2,1-5H3,(H,55,66)(H,56,68)(H,57,65)(H,58,67)(H,59,62);2-5H2,1H3;1H,(H2,2,3);1H4/t35?,44-,49?;;;/m0.../s1. The highest BCUT2D eigenvalue weighted by Gasteiger charge is 2.32. The number of nitrogens with two attached hydrogens (primary N) is 2. The molecule has 2 aliphatic rings. The predicted molar refractivity (Wildman–Crippen MR) is 308 cm³/mol. The topological polar surface area (TPSA) is 291 Å². The summed E-state index contributed by atoms with van der Waals surface area (Å²) in [5, 5.41) is 13.3. The Morgan fingerprint density at radius 2 is 1.48 bits per heavy atom. The molecule has 0 aliphatic carbocycles. The van der Waals surface area contributed by atoms with Gasteiger partial charge in [-0.1, -0.05) is 122 Å². The van der Waals surface area contributed by atoms with Gasteiger partial charge in [-0.2, -0.15) is 0 Å². The van der Waals surface area contributed by atoms with Gasteiger partial charge in [-0.3, -0.25) is 38.4 Å². The number of nitrogens with zero attached hydrogens (tertiary/aromatic N) is 2. The highest BCUT2D eigenvalue weighted by molar-refractivity contribution is 5.96. The molecule has 4 aromatic carbocycles. The van der Waals surface area contributed by atoms with Crippen molar-refractivity contribution in [3.63, 3.8) is 0 Å². The fraction of sp³-hybridized carbons (Fsp3) is 0.450. The van der Waals surface area contributed by atoms with E-state index < -0.39 is 66.8 Å². The van der Waals surface area contributed by atoms with Crippen molar-refractivity contribution in [3.05, 3.63) is 113 Å². The Kier molecular flexibility index (Phi) is 28.7. The molecule has 434 valence electrons. The molecule has 20 heteroatoms. The number of carbonyl (C=O) groups excluding carboxylic acids is 9. The van der Waals surface area contributed by atoms with Crippen LogP contribution in [0.3, 0.4) is 0 Å². The Morgan fingerprint density at radius 1 is 0.825 bits per heavy atom. The van der Waals surface area contributed by atoms with Gasteiger partial charge >= 0.3 is 6.16 Å². The molecule has 4 bridgehead atoms. The number of likely N-dealkylation sites (tertiary alicyclic amines) is 1. The second-order valence-electron chi connectivity index (χ2n) is 19.8. The van der Waals surface area contributed by atoms with Crippen LogP contribution in [0.2, 0.25) is 0 Å². The zero-order valence-corrected chi connectivity index (χ0v) is 46.4. The molecule has 20 nitrogen and oxygen atoms in total. The monoisotopic (exact) mass is 1110 g/mol. The summed E-state index contributed by atoms with van der Waals surface area (Å²) in [6.07, 6.45) is 6.73. The first-order valence-corrected chi connectivity index (χ1v) is 27.0. The zero-order valence-electron chi connectivity index (χ0n) is 46.4. The second kappa shape index (κ2) is 34.7. The first kappa shape index (κ1) is 66.2. The minimum atomic E-state index is -1.39. The number of fused-ring (bicyclic) bond motifs is 5. The van der Waals surface area contributed by atoms with E-state index in [2.05, 4.69) is 70.4 Å². The van der Waals surface area contributed by atoms with Gasteiger partial charge < -0.3 is 57.3 Å². The highest BCUT2D eigenvalue weighted by Crippen LogP contribution is 2.35. The van der Waals surface area contributed by atoms with Crippen LogP contribution in [0.5, 0.6) is 5.75 Å². The number of aryl methyl sites for hydroxylation is 1. The summed E-state index contributed by atoms with van der Waals surface area (Å²) in [5.41, 5.74) is 14.7. The Balaban J connectivity index is 0.00000175. The van der Waals surface area contributed by atoms with Gasteiger partial charge in [0.15, 0.2) is 0 Å². The summed E-state index contributed by atoms with van der Waals surface area (Å²) in [4.78, 5) is 119. The van der Waals surface area contributed by atoms with Crippen LogP contribution in [-0.2, 0) is 51.1 Å². The lowest BCUT2D eigenvalue weighted by molar-refractivity contribution is -0.140. The summed E-state index contributed by atoms with van der Waals surface area (Å²) < 4.78 is 11.0. The van der Waals surface area contributed by atoms with E-state index in [0.717, 1.165) is 54.7 Å². The number of hydrogen-bond acceptors (Lipinski definition) is 12. The molecule has 6 rings (SSSR count). The SMILES string of the molecule is C.CCCCN.CCCCc1ccc(-c2ccc(C(=O)NCC(C)C(=O)NCC(=O)N(C)C3C(=O)NCC(=O)N[C@H](C(=O)NCC(=O)N4CCCC4)Cc4cccc(c4)-c4cc3ccc4OC(=O)OCC(C)C)cc2)cc1.NC=O. The van der Waals surface area contributed by atoms with Crippen molar-refractivity contribution in [3.8, 4) is 28.0 Å². The van der Waals surface area contributed by atoms with E-state index in [-0.39, 0.29) is 69.0 Å². The van der Waals surface area contributed by atoms with Crippen molar-refractivity contribution >= 4 is 53.9 Å². The van der Waals surface area contributed by atoms with Crippen LogP contribution in [0, 0.1) is 11.8 Å². The number of unbranched alkanes of at least 4 members (excludes halogenated alkanes) is 2. The number of likely N-dealkylation sites (N-methyl/N-ethyl adjacent to an activating group) is 1. The Morgan fingerprint density at radius 3 is 2.09 bits per heavy atom. The average Bonchev–Trinajstić information content (AvgIpc) is 4.01. The predicted octanol–water partition coefficient (Wildman–Crippen LogP) is 5.59. The van der Waals surface area contributed by atoms with Crippen molar-refractivity contribution in [1.82, 2.24) is 36.4 Å². The third-order valence-corrected chi connectivity index (χ3v) is 12.9. The smallest absolute Gasteiger partial charge is 0.434 e. The number of primary amides is 1. The molecule has 3 atom stereocenters. The van der Waals surface area contributed by atoms with Crippen LogP contribution >= 0.6 is 0 Å². The third-order valence-electron chi connectivity index (χ3n) is 12.9. The number of nitrogens with one attached hydrogen (secondary N) is 5. The molecule has 0 aromatic heterocycles. The molecule has 4 aromatic rings. The number of benzene rings is 4. The van der Waals surface area contributed by atoms with E-state index in [0.29, 0.717) is 35.3 Å². The van der Waals surface area contributed by atoms with Gasteiger partial charge in [0.25, 0.3) is 5.91 Å². The highest BCUT2D eigenvalue weighted by atomic mass is 16.7. The van der Waals surface area contributed by atoms with Crippen molar-refractivity contribution in [1.29, 1.82) is 0 Å². The quantitative estimate of drug-likeness (QED) is 0.0344. The summed E-state index contributed by atoms with van der Waals surface area (Å²) in [7, 11) is 1.37. The Bertz CT molecular complexity index is 2670. The van der Waals surface area contributed by atoms with E-state index in [1.807, 2.05) is 26.0 Å². The fourth-order valence-electron chi connectivity index (χ4n) is 8.43. The van der Waals surface area contributed by atoms with Crippen LogP contribution in [0.4, 0.5) is 4.79 Å². The van der Waals surface area contributed by atoms with Crippen LogP contribution in [0.15, 0.2) is 91.0 Å². The average molecular weight is 1110 g/mol. The van der Waals surface area contributed by atoms with Crippen LogP contribution < -0.4 is 42.8 Å². The first-order chi connectivity index (χ1) is 37.9. The number of carbonyl (C=O) groups is 9. The normalized spacial score (nSPS) is 15.0. The number of ether oxygens (including phenoxy) is 2. The van der Waals surface area contributed by atoms with Crippen LogP contribution in [0.1, 0.15) is 114 Å². The summed E-state index contributed by atoms with van der Waals surface area (Å²) in [6.45, 7) is 10.4. The van der Waals surface area contributed by atoms with E-state index in [4.69, 9.17) is 20.0 Å². The van der Waals surface area contributed by atoms with Gasteiger partial charge in [0.1, 0.15) is 17.8 Å². The molecule has 0 spiro atoms. The van der Waals surface area contributed by atoms with Gasteiger partial charge in [-0.15, -0.1) is 0 Å². The molecular weight excluding hydrogens is 1020 g/mol. The lowest BCUT2D eigenvalue weighted by atomic mass is 9.94. The van der Waals surface area contributed by atoms with Crippen molar-refractivity contribution in [2.24, 2.45) is 23.3 Å². The third kappa shape index (κ3) is 21.3. The van der Waals surface area contributed by atoms with Gasteiger partial charge in [0.2, 0.25) is 41.9 Å². The summed E-state index contributed by atoms with van der Waals surface area (Å²) >= 11 is 0. The minimum absolute atomic E-state index is 0. The van der Waals surface area contributed by atoms with Gasteiger partial charge in [0.05, 0.1) is 32.2 Å². The fourth-order valence-corrected chi connectivity index (χ4v) is 8.43. The van der Waals surface area contributed by atoms with E-state index in [9.17, 15) is 38.4 Å². The molecule has 0 radical (unpaired) electrons. The number of amides is 8. The van der Waals surface area contributed by atoms with Crippen LogP contribution in [0.25, 0.3) is 22.3 Å². The van der Waals surface area contributed by atoms with Crippen molar-refractivity contribution in [2.45, 2.75) is 105 Å². The lowest BCUT2D eigenvalue weighted by Gasteiger charge is -2.29. The Hall–Kier alpha value is -8.13. The maximum absolute atomic E-state index is 14.2. The second-order valence-corrected chi connectivity index (χ2v) is 19.8. The number of rotatable bonds is 19. The van der Waals surface area contributed by atoms with E-state index in [1.165, 1.54) is 37.6 Å². The zero-order chi connectivity index (χ0) is 57.9. The molecule has 2 aliphatic heterocycles. The molecular formula is C60H83N9O11. The Labute approximate surface area is 470 Å². The molecule has 0 saturated carbocycles. The minimum Gasteiger partial charge on any atom is -0.434 e. The summed E-state index contributed by atoms with van der Waals surface area (Å²) in [5.74, 6) is -4.52. The summed E-state index contributed by atoms with van der Waals surface area (Å²) in [6, 6.07) is 24.5. The van der Waals surface area contributed by atoms with Crippen LogP contribution in [-0.4, -0.2) is 129 Å². The molecule has 2 heterocycles. The van der Waals surface area contributed by atoms with Gasteiger partial charge in [0, 0.05) is 44.2 Å².